The van der Waals surface area contributed by atoms with Crippen LogP contribution in [0.3, 0.4) is 0 Å². The highest BCUT2D eigenvalue weighted by atomic mass is 16.5. The molecule has 0 aliphatic carbocycles. The van der Waals surface area contributed by atoms with Gasteiger partial charge >= 0.3 is 5.97 Å². The molecular weight excluding hydrogens is 242 g/mol. The van der Waals surface area contributed by atoms with Gasteiger partial charge in [-0.25, -0.2) is 9.69 Å². The van der Waals surface area contributed by atoms with Crippen molar-refractivity contribution in [3.63, 3.8) is 0 Å². The summed E-state index contributed by atoms with van der Waals surface area (Å²) in [6, 6.07) is 3.47. The Balaban J connectivity index is 2.39. The number of aromatic carboxylic acids is 1. The Hall–Kier alpha value is -2.41. The maximum atomic E-state index is 11.5. The van der Waals surface area contributed by atoms with Gasteiger partial charge in [0, 0.05) is 6.07 Å². The number of hydrogen-bond acceptors (Lipinski definition) is 5. The molecular formula is C11H9NO6. The van der Waals surface area contributed by atoms with Gasteiger partial charge in [-0.05, 0) is 12.1 Å². The monoisotopic (exact) mass is 251 g/mol. The molecule has 0 unspecified atom stereocenters. The standard InChI is InChI=1S/C11H9NO6/c13-8-3-6(1-2-7(8)11(16)17)12-9(14)4-18-5-10(12)15/h1-3,13H,4-5H2,(H,16,17). The van der Waals surface area contributed by atoms with Crippen LogP contribution in [0.5, 0.6) is 5.75 Å². The number of carbonyl (C=O) groups is 3. The van der Waals surface area contributed by atoms with Gasteiger partial charge in [0.2, 0.25) is 0 Å². The molecule has 0 spiro atoms. The number of carbonyl (C=O) groups excluding carboxylic acids is 2. The number of benzene rings is 1. The van der Waals surface area contributed by atoms with Gasteiger partial charge in [0.15, 0.2) is 0 Å². The molecule has 0 atom stereocenters. The minimum absolute atomic E-state index is 0.121. The first kappa shape index (κ1) is 12.1. The molecule has 1 aliphatic rings. The summed E-state index contributed by atoms with van der Waals surface area (Å²) in [6.45, 7) is -0.458. The van der Waals surface area contributed by atoms with E-state index in [0.717, 1.165) is 17.0 Å². The number of phenols is 1. The summed E-state index contributed by atoms with van der Waals surface area (Å²) in [7, 11) is 0. The SMILES string of the molecule is O=C(O)c1ccc(N2C(=O)COCC2=O)cc1O. The fourth-order valence-corrected chi connectivity index (χ4v) is 1.62. The van der Waals surface area contributed by atoms with E-state index in [9.17, 15) is 19.5 Å². The van der Waals surface area contributed by atoms with Crippen molar-refractivity contribution >= 4 is 23.5 Å². The van der Waals surface area contributed by atoms with Gasteiger partial charge in [0.1, 0.15) is 24.5 Å². The second-order valence-electron chi connectivity index (χ2n) is 3.62. The van der Waals surface area contributed by atoms with E-state index in [-0.39, 0.29) is 24.5 Å². The Kier molecular flexibility index (Phi) is 2.99. The molecule has 94 valence electrons. The highest BCUT2D eigenvalue weighted by molar-refractivity contribution is 6.17. The Morgan fingerprint density at radius 3 is 2.33 bits per heavy atom. The fourth-order valence-electron chi connectivity index (χ4n) is 1.62. The first-order chi connectivity index (χ1) is 8.50. The lowest BCUT2D eigenvalue weighted by atomic mass is 10.1. The molecule has 1 aromatic carbocycles. The molecule has 0 bridgehead atoms. The third-order valence-electron chi connectivity index (χ3n) is 2.42. The predicted molar refractivity (Wildman–Crippen MR) is 58.4 cm³/mol. The lowest BCUT2D eigenvalue weighted by molar-refractivity contribution is -0.138. The van der Waals surface area contributed by atoms with E-state index < -0.39 is 23.5 Å². The maximum Gasteiger partial charge on any atom is 0.339 e. The highest BCUT2D eigenvalue weighted by Gasteiger charge is 2.28. The van der Waals surface area contributed by atoms with E-state index in [0.29, 0.717) is 0 Å². The van der Waals surface area contributed by atoms with Crippen molar-refractivity contribution in [2.75, 3.05) is 18.1 Å². The number of amides is 2. The number of hydrogen-bond donors (Lipinski definition) is 2. The molecule has 18 heavy (non-hydrogen) atoms. The normalized spacial score (nSPS) is 15.9. The number of ether oxygens (including phenoxy) is 1. The largest absolute Gasteiger partial charge is 0.507 e. The van der Waals surface area contributed by atoms with Gasteiger partial charge in [-0.2, -0.15) is 0 Å². The van der Waals surface area contributed by atoms with Crippen LogP contribution in [0, 0.1) is 0 Å². The Morgan fingerprint density at radius 2 is 1.83 bits per heavy atom. The Bertz CT molecular complexity index is 522. The van der Waals surface area contributed by atoms with Crippen molar-refractivity contribution in [3.8, 4) is 5.75 Å². The highest BCUT2D eigenvalue weighted by Crippen LogP contribution is 2.26. The summed E-state index contributed by atoms with van der Waals surface area (Å²) in [5.41, 5.74) is -0.178. The zero-order valence-corrected chi connectivity index (χ0v) is 9.12. The number of imide groups is 1. The van der Waals surface area contributed by atoms with Crippen LogP contribution in [-0.2, 0) is 14.3 Å². The van der Waals surface area contributed by atoms with Crippen LogP contribution in [-0.4, -0.2) is 41.2 Å². The molecule has 7 nitrogen and oxygen atoms in total. The summed E-state index contributed by atoms with van der Waals surface area (Å²) in [5.74, 6) is -2.92. The van der Waals surface area contributed by atoms with Crippen molar-refractivity contribution in [1.82, 2.24) is 0 Å². The second kappa shape index (κ2) is 4.46. The number of rotatable bonds is 2. The van der Waals surface area contributed by atoms with E-state index in [1.54, 1.807) is 0 Å². The Morgan fingerprint density at radius 1 is 1.22 bits per heavy atom. The van der Waals surface area contributed by atoms with Gasteiger partial charge in [0.05, 0.1) is 5.69 Å². The van der Waals surface area contributed by atoms with Gasteiger partial charge in [-0.1, -0.05) is 0 Å². The van der Waals surface area contributed by atoms with Crippen LogP contribution < -0.4 is 4.90 Å². The number of morpholine rings is 1. The third-order valence-corrected chi connectivity index (χ3v) is 2.42. The zero-order chi connectivity index (χ0) is 13.3. The fraction of sp³-hybridized carbons (Fsp3) is 0.182. The van der Waals surface area contributed by atoms with Gasteiger partial charge in [-0.15, -0.1) is 0 Å². The number of nitrogens with zero attached hydrogens (tertiary/aromatic N) is 1. The molecule has 1 saturated heterocycles. The van der Waals surface area contributed by atoms with Gasteiger partial charge in [-0.3, -0.25) is 9.59 Å². The number of anilines is 1. The van der Waals surface area contributed by atoms with Crippen molar-refractivity contribution < 1.29 is 29.3 Å². The molecule has 1 heterocycles. The summed E-state index contributed by atoms with van der Waals surface area (Å²) >= 11 is 0. The molecule has 1 aliphatic heterocycles. The van der Waals surface area contributed by atoms with Crippen LogP contribution in [0.2, 0.25) is 0 Å². The molecule has 1 aromatic rings. The van der Waals surface area contributed by atoms with E-state index in [4.69, 9.17) is 9.84 Å². The predicted octanol–water partition coefficient (Wildman–Crippen LogP) is -0.0198. The number of aromatic hydroxyl groups is 1. The summed E-state index contributed by atoms with van der Waals surface area (Å²) in [6.07, 6.45) is 0. The van der Waals surface area contributed by atoms with Crippen molar-refractivity contribution in [2.45, 2.75) is 0 Å². The van der Waals surface area contributed by atoms with Crippen LogP contribution in [0.1, 0.15) is 10.4 Å². The van der Waals surface area contributed by atoms with Crippen molar-refractivity contribution in [3.05, 3.63) is 23.8 Å². The lowest BCUT2D eigenvalue weighted by Crippen LogP contribution is -2.46. The Labute approximate surface area is 101 Å². The average Bonchev–Trinajstić information content (AvgIpc) is 2.28. The van der Waals surface area contributed by atoms with E-state index in [1.165, 1.54) is 6.07 Å². The molecule has 0 aromatic heterocycles. The number of carboxylic acids is 1. The molecule has 7 heteroatoms. The molecule has 0 saturated carbocycles. The summed E-state index contributed by atoms with van der Waals surface area (Å²) < 4.78 is 4.74. The number of carboxylic acid groups (broad SMARTS) is 1. The quantitative estimate of drug-likeness (QED) is 0.716. The third kappa shape index (κ3) is 2.03. The summed E-state index contributed by atoms with van der Waals surface area (Å²) in [5, 5.41) is 18.2. The lowest BCUT2D eigenvalue weighted by Gasteiger charge is -2.25. The average molecular weight is 251 g/mol. The van der Waals surface area contributed by atoms with E-state index in [2.05, 4.69) is 0 Å². The van der Waals surface area contributed by atoms with Crippen LogP contribution >= 0.6 is 0 Å². The topological polar surface area (TPSA) is 104 Å². The van der Waals surface area contributed by atoms with E-state index in [1.807, 2.05) is 0 Å². The van der Waals surface area contributed by atoms with Crippen LogP contribution in [0.25, 0.3) is 0 Å². The molecule has 1 fully saturated rings. The van der Waals surface area contributed by atoms with Crippen LogP contribution in [0.4, 0.5) is 5.69 Å². The van der Waals surface area contributed by atoms with Gasteiger partial charge < -0.3 is 14.9 Å². The minimum Gasteiger partial charge on any atom is -0.507 e. The first-order valence-electron chi connectivity index (χ1n) is 5.00. The maximum absolute atomic E-state index is 11.5. The van der Waals surface area contributed by atoms with Gasteiger partial charge in [0.25, 0.3) is 11.8 Å². The second-order valence-corrected chi connectivity index (χ2v) is 3.62. The first-order valence-corrected chi connectivity index (χ1v) is 5.00. The molecule has 0 radical (unpaired) electrons. The molecule has 2 amide bonds. The van der Waals surface area contributed by atoms with E-state index >= 15 is 0 Å². The van der Waals surface area contributed by atoms with Crippen LogP contribution in [0.15, 0.2) is 18.2 Å². The minimum atomic E-state index is -1.29. The molecule has 2 rings (SSSR count). The molecule has 2 N–H and O–H groups in total. The zero-order valence-electron chi connectivity index (χ0n) is 9.12. The van der Waals surface area contributed by atoms with Crippen molar-refractivity contribution in [1.29, 1.82) is 0 Å². The van der Waals surface area contributed by atoms with Crippen molar-refractivity contribution in [2.24, 2.45) is 0 Å². The smallest absolute Gasteiger partial charge is 0.339 e. The summed E-state index contributed by atoms with van der Waals surface area (Å²) in [4.78, 5) is 34.6.